The second kappa shape index (κ2) is 14.4. The maximum atomic E-state index is 13.5. The predicted octanol–water partition coefficient (Wildman–Crippen LogP) is 6.55. The standard InChI is InChI=1S/C31H31BrFN5O4S2/c1-41-29-16-26-24(15-23(29)27-18-43-30(38-27)7-4-10-34-11-12-44(2,39)40)31(36-19-35-26)37-22-8-9-28(25(32)14-22)42-17-20-5-3-6-21(33)13-20/h3,5-6,8-9,13-16,18-19,34H,4,7,10-12,17H2,1-2H3,(H,35,36,37). The normalized spacial score (nSPS) is 11.5. The number of rotatable bonds is 14. The summed E-state index contributed by atoms with van der Waals surface area (Å²) < 4.78 is 48.4. The number of aryl methyl sites for hydroxylation is 1. The molecule has 0 aliphatic rings. The van der Waals surface area contributed by atoms with E-state index in [1.807, 2.05) is 41.8 Å². The van der Waals surface area contributed by atoms with Gasteiger partial charge in [0.15, 0.2) is 0 Å². The zero-order valence-electron chi connectivity index (χ0n) is 24.1. The average Bonchev–Trinajstić information content (AvgIpc) is 3.46. The first-order chi connectivity index (χ1) is 21.2. The first-order valence-electron chi connectivity index (χ1n) is 13.8. The van der Waals surface area contributed by atoms with Crippen molar-refractivity contribution in [2.75, 3.05) is 37.5 Å². The van der Waals surface area contributed by atoms with Gasteiger partial charge in [0, 0.05) is 47.3 Å². The van der Waals surface area contributed by atoms with Crippen molar-refractivity contribution in [3.05, 3.63) is 87.2 Å². The number of methoxy groups -OCH3 is 1. The van der Waals surface area contributed by atoms with Crippen molar-refractivity contribution in [2.45, 2.75) is 19.4 Å². The Labute approximate surface area is 267 Å². The number of ether oxygens (including phenoxy) is 2. The van der Waals surface area contributed by atoms with Crippen LogP contribution in [0.25, 0.3) is 22.2 Å². The lowest BCUT2D eigenvalue weighted by atomic mass is 10.1. The highest BCUT2D eigenvalue weighted by atomic mass is 79.9. The molecule has 44 heavy (non-hydrogen) atoms. The fraction of sp³-hybridized carbons (Fsp3) is 0.258. The molecule has 0 spiro atoms. The summed E-state index contributed by atoms with van der Waals surface area (Å²) in [6.45, 7) is 1.40. The van der Waals surface area contributed by atoms with E-state index in [1.165, 1.54) is 24.7 Å². The SMILES string of the molecule is COc1cc2ncnc(Nc3ccc(OCc4cccc(F)c4)c(Br)c3)c2cc1-c1csc(CCCNCCS(C)(=O)=O)n1. The molecular formula is C31H31BrFN5O4S2. The number of fused-ring (bicyclic) bond motifs is 1. The van der Waals surface area contributed by atoms with Gasteiger partial charge in [0.2, 0.25) is 0 Å². The highest BCUT2D eigenvalue weighted by Gasteiger charge is 2.15. The van der Waals surface area contributed by atoms with Gasteiger partial charge in [-0.3, -0.25) is 0 Å². The van der Waals surface area contributed by atoms with Crippen LogP contribution in [0, 0.1) is 5.82 Å². The first-order valence-corrected chi connectivity index (χ1v) is 17.5. The van der Waals surface area contributed by atoms with Crippen molar-refractivity contribution in [2.24, 2.45) is 0 Å². The van der Waals surface area contributed by atoms with Gasteiger partial charge in [-0.1, -0.05) is 12.1 Å². The molecule has 2 heterocycles. The van der Waals surface area contributed by atoms with Crippen LogP contribution < -0.4 is 20.1 Å². The number of aromatic nitrogens is 3. The van der Waals surface area contributed by atoms with Crippen LogP contribution in [0.3, 0.4) is 0 Å². The molecule has 9 nitrogen and oxygen atoms in total. The molecule has 0 atom stereocenters. The third-order valence-electron chi connectivity index (χ3n) is 6.66. The maximum absolute atomic E-state index is 13.5. The number of hydrogen-bond donors (Lipinski definition) is 2. The quantitative estimate of drug-likeness (QED) is 0.125. The lowest BCUT2D eigenvalue weighted by Gasteiger charge is -2.13. The van der Waals surface area contributed by atoms with E-state index in [-0.39, 0.29) is 18.2 Å². The van der Waals surface area contributed by atoms with E-state index in [9.17, 15) is 12.8 Å². The van der Waals surface area contributed by atoms with Gasteiger partial charge >= 0.3 is 0 Å². The molecule has 0 saturated heterocycles. The van der Waals surface area contributed by atoms with Crippen LogP contribution in [-0.2, 0) is 22.9 Å². The van der Waals surface area contributed by atoms with E-state index in [1.54, 1.807) is 24.5 Å². The van der Waals surface area contributed by atoms with E-state index in [4.69, 9.17) is 14.5 Å². The Bertz CT molecular complexity index is 1870. The number of hydrogen-bond acceptors (Lipinski definition) is 10. The van der Waals surface area contributed by atoms with Gasteiger partial charge in [-0.2, -0.15) is 0 Å². The van der Waals surface area contributed by atoms with Gasteiger partial charge in [0.1, 0.15) is 45.9 Å². The molecule has 0 aliphatic heterocycles. The van der Waals surface area contributed by atoms with Gasteiger partial charge in [-0.05, 0) is 70.9 Å². The minimum absolute atomic E-state index is 0.131. The van der Waals surface area contributed by atoms with Crippen molar-refractivity contribution in [3.63, 3.8) is 0 Å². The molecular weight excluding hydrogens is 669 g/mol. The minimum atomic E-state index is -2.96. The highest BCUT2D eigenvalue weighted by molar-refractivity contribution is 9.10. The van der Waals surface area contributed by atoms with Crippen LogP contribution in [0.4, 0.5) is 15.9 Å². The van der Waals surface area contributed by atoms with Crippen molar-refractivity contribution in [1.29, 1.82) is 0 Å². The molecule has 0 saturated carbocycles. The molecule has 2 aromatic heterocycles. The Hall–Kier alpha value is -3.65. The molecule has 0 radical (unpaired) electrons. The van der Waals surface area contributed by atoms with Crippen molar-refractivity contribution >= 4 is 59.5 Å². The van der Waals surface area contributed by atoms with Gasteiger partial charge in [0.05, 0.1) is 33.6 Å². The third kappa shape index (κ3) is 8.50. The Kier molecular flexibility index (Phi) is 10.4. The predicted molar refractivity (Wildman–Crippen MR) is 176 cm³/mol. The Balaban J connectivity index is 1.29. The molecule has 0 bridgehead atoms. The zero-order chi connectivity index (χ0) is 31.1. The molecule has 230 valence electrons. The lowest BCUT2D eigenvalue weighted by Crippen LogP contribution is -2.23. The Morgan fingerprint density at radius 1 is 1.05 bits per heavy atom. The fourth-order valence-electron chi connectivity index (χ4n) is 4.47. The van der Waals surface area contributed by atoms with E-state index in [0.29, 0.717) is 35.9 Å². The highest BCUT2D eigenvalue weighted by Crippen LogP contribution is 2.37. The number of halogens is 2. The summed E-state index contributed by atoms with van der Waals surface area (Å²) in [5.41, 5.74) is 3.87. The first kappa shape index (κ1) is 31.8. The monoisotopic (exact) mass is 699 g/mol. The fourth-order valence-corrected chi connectivity index (χ4v) is 6.32. The van der Waals surface area contributed by atoms with Gasteiger partial charge in [0.25, 0.3) is 0 Å². The topological polar surface area (TPSA) is 115 Å². The smallest absolute Gasteiger partial charge is 0.148 e. The summed E-state index contributed by atoms with van der Waals surface area (Å²) in [4.78, 5) is 13.8. The number of nitrogens with one attached hydrogen (secondary N) is 2. The summed E-state index contributed by atoms with van der Waals surface area (Å²) >= 11 is 5.15. The number of sulfone groups is 1. The summed E-state index contributed by atoms with van der Waals surface area (Å²) in [6.07, 6.45) is 4.36. The molecule has 2 N–H and O–H groups in total. The summed E-state index contributed by atoms with van der Waals surface area (Å²) in [5.74, 6) is 1.74. The number of benzene rings is 3. The molecule has 0 fully saturated rings. The van der Waals surface area contributed by atoms with E-state index in [2.05, 4.69) is 36.5 Å². The summed E-state index contributed by atoms with van der Waals surface area (Å²) in [5, 5.41) is 10.3. The van der Waals surface area contributed by atoms with Gasteiger partial charge < -0.3 is 20.1 Å². The summed E-state index contributed by atoms with van der Waals surface area (Å²) in [6, 6.07) is 15.8. The second-order valence-corrected chi connectivity index (χ2v) is 14.1. The Morgan fingerprint density at radius 3 is 2.68 bits per heavy atom. The minimum Gasteiger partial charge on any atom is -0.496 e. The second-order valence-electron chi connectivity index (χ2n) is 10.1. The van der Waals surface area contributed by atoms with Crippen LogP contribution in [0.1, 0.15) is 17.0 Å². The van der Waals surface area contributed by atoms with E-state index >= 15 is 0 Å². The van der Waals surface area contributed by atoms with Crippen molar-refractivity contribution in [3.8, 4) is 22.8 Å². The molecule has 0 amide bonds. The largest absolute Gasteiger partial charge is 0.496 e. The Morgan fingerprint density at radius 2 is 1.91 bits per heavy atom. The zero-order valence-corrected chi connectivity index (χ0v) is 27.4. The molecule has 5 aromatic rings. The number of thiazole rings is 1. The summed E-state index contributed by atoms with van der Waals surface area (Å²) in [7, 11) is -1.34. The van der Waals surface area contributed by atoms with Crippen LogP contribution in [0.5, 0.6) is 11.5 Å². The van der Waals surface area contributed by atoms with Crippen LogP contribution in [-0.4, -0.2) is 55.6 Å². The third-order valence-corrected chi connectivity index (χ3v) is 9.13. The van der Waals surface area contributed by atoms with E-state index in [0.717, 1.165) is 50.2 Å². The van der Waals surface area contributed by atoms with Gasteiger partial charge in [-0.25, -0.2) is 27.8 Å². The maximum Gasteiger partial charge on any atom is 0.148 e. The number of anilines is 2. The van der Waals surface area contributed by atoms with Crippen LogP contribution in [0.2, 0.25) is 0 Å². The van der Waals surface area contributed by atoms with Crippen molar-refractivity contribution < 1.29 is 22.3 Å². The van der Waals surface area contributed by atoms with Crippen LogP contribution in [0.15, 0.2) is 70.8 Å². The van der Waals surface area contributed by atoms with Crippen LogP contribution >= 0.6 is 27.3 Å². The average molecular weight is 701 g/mol. The molecule has 13 heteroatoms. The lowest BCUT2D eigenvalue weighted by molar-refractivity contribution is 0.303. The van der Waals surface area contributed by atoms with E-state index < -0.39 is 9.84 Å². The molecule has 0 aliphatic carbocycles. The molecule has 0 unspecified atom stereocenters. The van der Waals surface area contributed by atoms with Crippen molar-refractivity contribution in [1.82, 2.24) is 20.3 Å². The number of nitrogens with zero attached hydrogens (tertiary/aromatic N) is 3. The molecule has 5 rings (SSSR count). The van der Waals surface area contributed by atoms with Gasteiger partial charge in [-0.15, -0.1) is 11.3 Å². The molecule has 3 aromatic carbocycles.